The molecule has 3 heteroatoms. The molecule has 1 aliphatic heterocycles. The van der Waals surface area contributed by atoms with Crippen LogP contribution in [0.5, 0.6) is 0 Å². The average Bonchev–Trinajstić information content (AvgIpc) is 2.28. The van der Waals surface area contributed by atoms with Crippen molar-refractivity contribution in [1.82, 2.24) is 9.88 Å². The second kappa shape index (κ2) is 4.93. The van der Waals surface area contributed by atoms with E-state index >= 15 is 0 Å². The van der Waals surface area contributed by atoms with Crippen molar-refractivity contribution in [2.45, 2.75) is 32.7 Å². The molecule has 0 saturated heterocycles. The molecule has 0 saturated carbocycles. The lowest BCUT2D eigenvalue weighted by Crippen LogP contribution is -2.35. The number of hydrogen-bond acceptors (Lipinski definition) is 3. The minimum atomic E-state index is 0.521. The quantitative estimate of drug-likeness (QED) is 0.838. The summed E-state index contributed by atoms with van der Waals surface area (Å²) in [5.41, 5.74) is 9.47. The minimum absolute atomic E-state index is 0.521. The van der Waals surface area contributed by atoms with Crippen LogP contribution < -0.4 is 5.73 Å². The van der Waals surface area contributed by atoms with Gasteiger partial charge in [-0.25, -0.2) is 0 Å². The highest BCUT2D eigenvalue weighted by atomic mass is 15.1. The second-order valence-corrected chi connectivity index (χ2v) is 4.81. The first-order valence-electron chi connectivity index (χ1n) is 6.12. The Hall–Kier alpha value is -0.930. The number of nitrogens with zero attached hydrogens (tertiary/aromatic N) is 2. The second-order valence-electron chi connectivity index (χ2n) is 4.81. The molecule has 3 nitrogen and oxygen atoms in total. The monoisotopic (exact) mass is 219 g/mol. The van der Waals surface area contributed by atoms with E-state index in [1.165, 1.54) is 17.0 Å². The van der Waals surface area contributed by atoms with Gasteiger partial charge in [0, 0.05) is 44.0 Å². The molecule has 1 aromatic heterocycles. The van der Waals surface area contributed by atoms with Crippen LogP contribution in [-0.2, 0) is 13.0 Å². The van der Waals surface area contributed by atoms with Crippen molar-refractivity contribution in [3.8, 4) is 0 Å². The number of fused-ring (bicyclic) bond motifs is 1. The molecule has 1 aliphatic rings. The van der Waals surface area contributed by atoms with Gasteiger partial charge in [0.2, 0.25) is 0 Å². The first-order valence-corrected chi connectivity index (χ1v) is 6.12. The van der Waals surface area contributed by atoms with Gasteiger partial charge in [0.15, 0.2) is 0 Å². The lowest BCUT2D eigenvalue weighted by Gasteiger charge is -2.28. The molecule has 2 N–H and O–H groups in total. The van der Waals surface area contributed by atoms with Gasteiger partial charge in [-0.05, 0) is 17.5 Å². The first-order chi connectivity index (χ1) is 7.70. The van der Waals surface area contributed by atoms with Gasteiger partial charge < -0.3 is 5.73 Å². The van der Waals surface area contributed by atoms with Crippen molar-refractivity contribution < 1.29 is 0 Å². The maximum absolute atomic E-state index is 5.59. The SMILES string of the molecule is CC(C)c1ccc2c(n1)CCN(CCN)C2. The smallest absolute Gasteiger partial charge is 0.0464 e. The van der Waals surface area contributed by atoms with Gasteiger partial charge in [-0.3, -0.25) is 9.88 Å². The van der Waals surface area contributed by atoms with Gasteiger partial charge in [0.25, 0.3) is 0 Å². The van der Waals surface area contributed by atoms with E-state index in [-0.39, 0.29) is 0 Å². The Morgan fingerprint density at radius 1 is 1.44 bits per heavy atom. The third kappa shape index (κ3) is 2.42. The zero-order valence-corrected chi connectivity index (χ0v) is 10.2. The topological polar surface area (TPSA) is 42.2 Å². The summed E-state index contributed by atoms with van der Waals surface area (Å²) in [6.45, 7) is 8.23. The normalized spacial score (nSPS) is 16.5. The number of rotatable bonds is 3. The Bertz CT molecular complexity index is 360. The Balaban J connectivity index is 2.15. The van der Waals surface area contributed by atoms with Crippen molar-refractivity contribution in [3.05, 3.63) is 29.1 Å². The summed E-state index contributed by atoms with van der Waals surface area (Å²) >= 11 is 0. The zero-order valence-electron chi connectivity index (χ0n) is 10.2. The van der Waals surface area contributed by atoms with Crippen molar-refractivity contribution in [2.24, 2.45) is 5.73 Å². The lowest BCUT2D eigenvalue weighted by molar-refractivity contribution is 0.259. The van der Waals surface area contributed by atoms with E-state index in [2.05, 4.69) is 30.9 Å². The van der Waals surface area contributed by atoms with Gasteiger partial charge in [0.05, 0.1) is 0 Å². The summed E-state index contributed by atoms with van der Waals surface area (Å²) in [6, 6.07) is 4.40. The van der Waals surface area contributed by atoms with Crippen LogP contribution in [0.3, 0.4) is 0 Å². The molecule has 2 rings (SSSR count). The third-order valence-electron chi connectivity index (χ3n) is 3.19. The summed E-state index contributed by atoms with van der Waals surface area (Å²) in [5.74, 6) is 0.521. The molecule has 88 valence electrons. The molecule has 0 spiro atoms. The van der Waals surface area contributed by atoms with Gasteiger partial charge in [-0.2, -0.15) is 0 Å². The molecular formula is C13H21N3. The fourth-order valence-corrected chi connectivity index (χ4v) is 2.19. The molecule has 0 aromatic carbocycles. The predicted octanol–water partition coefficient (Wildman–Crippen LogP) is 1.52. The van der Waals surface area contributed by atoms with Gasteiger partial charge in [-0.15, -0.1) is 0 Å². The summed E-state index contributed by atoms with van der Waals surface area (Å²) in [7, 11) is 0. The number of hydrogen-bond donors (Lipinski definition) is 1. The van der Waals surface area contributed by atoms with Crippen LogP contribution in [0.4, 0.5) is 0 Å². The van der Waals surface area contributed by atoms with E-state index < -0.39 is 0 Å². The fourth-order valence-electron chi connectivity index (χ4n) is 2.19. The Kier molecular flexibility index (Phi) is 3.56. The molecule has 0 aliphatic carbocycles. The molecule has 16 heavy (non-hydrogen) atoms. The van der Waals surface area contributed by atoms with Crippen LogP contribution >= 0.6 is 0 Å². The molecule has 1 aromatic rings. The molecule has 0 bridgehead atoms. The summed E-state index contributed by atoms with van der Waals surface area (Å²) in [4.78, 5) is 7.15. The van der Waals surface area contributed by atoms with Crippen LogP contribution in [0, 0.1) is 0 Å². The largest absolute Gasteiger partial charge is 0.329 e. The van der Waals surface area contributed by atoms with Crippen LogP contribution in [0.15, 0.2) is 12.1 Å². The number of pyridine rings is 1. The molecule has 0 fully saturated rings. The summed E-state index contributed by atoms with van der Waals surface area (Å²) in [6.07, 6.45) is 1.07. The van der Waals surface area contributed by atoms with Crippen LogP contribution in [0.2, 0.25) is 0 Å². The maximum atomic E-state index is 5.59. The summed E-state index contributed by atoms with van der Waals surface area (Å²) < 4.78 is 0. The van der Waals surface area contributed by atoms with Crippen LogP contribution in [0.25, 0.3) is 0 Å². The molecule has 0 unspecified atom stereocenters. The molecule has 0 amide bonds. The van der Waals surface area contributed by atoms with Crippen molar-refractivity contribution in [2.75, 3.05) is 19.6 Å². The van der Waals surface area contributed by atoms with E-state index in [1.807, 2.05) is 0 Å². The van der Waals surface area contributed by atoms with Crippen LogP contribution in [0.1, 0.15) is 36.7 Å². The van der Waals surface area contributed by atoms with Crippen molar-refractivity contribution in [3.63, 3.8) is 0 Å². The third-order valence-corrected chi connectivity index (χ3v) is 3.19. The molecule has 0 radical (unpaired) electrons. The van der Waals surface area contributed by atoms with Gasteiger partial charge >= 0.3 is 0 Å². The van der Waals surface area contributed by atoms with Crippen LogP contribution in [-0.4, -0.2) is 29.5 Å². The number of aromatic nitrogens is 1. The highest BCUT2D eigenvalue weighted by Gasteiger charge is 2.17. The Morgan fingerprint density at radius 2 is 2.25 bits per heavy atom. The van der Waals surface area contributed by atoms with Crippen molar-refractivity contribution in [1.29, 1.82) is 0 Å². The van der Waals surface area contributed by atoms with E-state index in [4.69, 9.17) is 10.7 Å². The molecule has 0 atom stereocenters. The van der Waals surface area contributed by atoms with Gasteiger partial charge in [-0.1, -0.05) is 19.9 Å². The summed E-state index contributed by atoms with van der Waals surface area (Å²) in [5, 5.41) is 0. The van der Waals surface area contributed by atoms with E-state index in [0.717, 1.165) is 32.6 Å². The average molecular weight is 219 g/mol. The Morgan fingerprint density at radius 3 is 2.94 bits per heavy atom. The van der Waals surface area contributed by atoms with E-state index in [0.29, 0.717) is 5.92 Å². The highest BCUT2D eigenvalue weighted by molar-refractivity contribution is 5.26. The van der Waals surface area contributed by atoms with Gasteiger partial charge in [0.1, 0.15) is 0 Å². The lowest BCUT2D eigenvalue weighted by atomic mass is 10.0. The molecular weight excluding hydrogens is 198 g/mol. The predicted molar refractivity (Wildman–Crippen MR) is 66.4 cm³/mol. The Labute approximate surface area is 97.7 Å². The highest BCUT2D eigenvalue weighted by Crippen LogP contribution is 2.20. The minimum Gasteiger partial charge on any atom is -0.329 e. The van der Waals surface area contributed by atoms with E-state index in [9.17, 15) is 0 Å². The standard InChI is InChI=1S/C13H21N3/c1-10(2)12-4-3-11-9-16(8-6-14)7-5-13(11)15-12/h3-4,10H,5-9,14H2,1-2H3. The zero-order chi connectivity index (χ0) is 11.5. The number of nitrogens with two attached hydrogens (primary N) is 1. The molecule has 2 heterocycles. The van der Waals surface area contributed by atoms with E-state index in [1.54, 1.807) is 0 Å². The fraction of sp³-hybridized carbons (Fsp3) is 0.615. The van der Waals surface area contributed by atoms with Crippen molar-refractivity contribution >= 4 is 0 Å². The maximum Gasteiger partial charge on any atom is 0.0464 e. The first kappa shape index (κ1) is 11.6.